The monoisotopic (exact) mass is 448 g/mol. The van der Waals surface area contributed by atoms with E-state index in [0.29, 0.717) is 38.3 Å². The topological polar surface area (TPSA) is 57.5 Å². The molecule has 0 aromatic carbocycles. The van der Waals surface area contributed by atoms with Gasteiger partial charge in [-0.3, -0.25) is 0 Å². The lowest BCUT2D eigenvalue weighted by molar-refractivity contribution is 0.0188. The smallest absolute Gasteiger partial charge is 0.410 e. The van der Waals surface area contributed by atoms with Gasteiger partial charge < -0.3 is 14.5 Å². The van der Waals surface area contributed by atoms with E-state index in [2.05, 4.69) is 38.5 Å². The maximum absolute atomic E-state index is 12.3. The molecule has 0 aromatic heterocycles. The molecule has 0 atom stereocenters. The Morgan fingerprint density at radius 1 is 1.32 bits per heavy atom. The second-order valence-electron chi connectivity index (χ2n) is 7.56. The lowest BCUT2D eigenvalue weighted by Gasteiger charge is -2.37. The number of aliphatic imine (C=N–C) groups is 2. The number of amidine groups is 1. The van der Waals surface area contributed by atoms with Gasteiger partial charge in [-0.05, 0) is 55.8 Å². The van der Waals surface area contributed by atoms with Gasteiger partial charge in [-0.2, -0.15) is 0 Å². The molecule has 0 aliphatic carbocycles. The number of allylic oxidation sites excluding steroid dienone is 5. The SMILES string of the molecule is C=C(C=CC)N=C1CC=CC=C(Br)N=C1N1CCN(C(=O)OC(C)(C)C)CC1. The number of hydrogen-bond acceptors (Lipinski definition) is 5. The molecule has 0 spiro atoms. The van der Waals surface area contributed by atoms with Gasteiger partial charge in [0, 0.05) is 32.6 Å². The summed E-state index contributed by atoms with van der Waals surface area (Å²) in [6.45, 7) is 14.0. The Bertz CT molecular complexity index is 749. The van der Waals surface area contributed by atoms with Crippen molar-refractivity contribution < 1.29 is 9.53 Å². The van der Waals surface area contributed by atoms with Crippen molar-refractivity contribution in [3.63, 3.8) is 0 Å². The summed E-state index contributed by atoms with van der Waals surface area (Å²) in [5.74, 6) is 0.807. The van der Waals surface area contributed by atoms with Crippen LogP contribution in [0.2, 0.25) is 0 Å². The number of ether oxygens (including phenoxy) is 1. The lowest BCUT2D eigenvalue weighted by atomic mass is 10.1. The number of nitrogens with zero attached hydrogens (tertiary/aromatic N) is 4. The first-order valence-corrected chi connectivity index (χ1v) is 10.2. The maximum Gasteiger partial charge on any atom is 0.410 e. The highest BCUT2D eigenvalue weighted by Gasteiger charge is 2.28. The Labute approximate surface area is 176 Å². The molecule has 2 heterocycles. The highest BCUT2D eigenvalue weighted by Crippen LogP contribution is 2.17. The summed E-state index contributed by atoms with van der Waals surface area (Å²) in [4.78, 5) is 25.6. The largest absolute Gasteiger partial charge is 0.444 e. The summed E-state index contributed by atoms with van der Waals surface area (Å²) in [6.07, 6.45) is 10.1. The van der Waals surface area contributed by atoms with Crippen molar-refractivity contribution in [3.05, 3.63) is 47.3 Å². The molecule has 7 heteroatoms. The van der Waals surface area contributed by atoms with Crippen molar-refractivity contribution in [2.75, 3.05) is 26.2 Å². The van der Waals surface area contributed by atoms with Crippen LogP contribution >= 0.6 is 15.9 Å². The fraction of sp³-hybridized carbons (Fsp3) is 0.476. The second-order valence-corrected chi connectivity index (χ2v) is 8.37. The molecule has 2 aliphatic rings. The molecule has 152 valence electrons. The van der Waals surface area contributed by atoms with E-state index in [0.717, 1.165) is 16.2 Å². The molecule has 6 nitrogen and oxygen atoms in total. The maximum atomic E-state index is 12.3. The van der Waals surface area contributed by atoms with Crippen LogP contribution in [0.15, 0.2) is 57.2 Å². The predicted molar refractivity (Wildman–Crippen MR) is 119 cm³/mol. The van der Waals surface area contributed by atoms with Crippen LogP contribution in [-0.4, -0.2) is 59.2 Å². The van der Waals surface area contributed by atoms with Crippen LogP contribution in [0.1, 0.15) is 34.1 Å². The molecular formula is C21H29BrN4O2. The highest BCUT2D eigenvalue weighted by molar-refractivity contribution is 9.11. The molecule has 28 heavy (non-hydrogen) atoms. The standard InChI is InChI=1S/C21H29BrN4O2/c1-6-9-16(2)23-17-10-7-8-11-18(22)24-19(17)25-12-14-26(15-13-25)20(27)28-21(3,4)5/h6-9,11H,2,10,12-15H2,1,3-5H3. The Balaban J connectivity index is 2.17. The number of carbonyl (C=O) groups excluding carboxylic acids is 1. The molecule has 1 amide bonds. The molecule has 0 radical (unpaired) electrons. The second kappa shape index (κ2) is 9.87. The Morgan fingerprint density at radius 2 is 2.00 bits per heavy atom. The van der Waals surface area contributed by atoms with E-state index in [9.17, 15) is 4.79 Å². The summed E-state index contributed by atoms with van der Waals surface area (Å²) in [7, 11) is 0. The van der Waals surface area contributed by atoms with Gasteiger partial charge in [-0.25, -0.2) is 14.8 Å². The van der Waals surface area contributed by atoms with Gasteiger partial charge in [0.25, 0.3) is 0 Å². The minimum absolute atomic E-state index is 0.272. The van der Waals surface area contributed by atoms with Crippen LogP contribution in [0.5, 0.6) is 0 Å². The van der Waals surface area contributed by atoms with Gasteiger partial charge >= 0.3 is 6.09 Å². The third-order valence-electron chi connectivity index (χ3n) is 4.02. The van der Waals surface area contributed by atoms with Crippen LogP contribution in [-0.2, 0) is 4.74 Å². The van der Waals surface area contributed by atoms with E-state index >= 15 is 0 Å². The van der Waals surface area contributed by atoms with Crippen LogP contribution < -0.4 is 0 Å². The molecule has 2 rings (SSSR count). The molecule has 1 fully saturated rings. The van der Waals surface area contributed by atoms with E-state index in [4.69, 9.17) is 9.73 Å². The summed E-state index contributed by atoms with van der Waals surface area (Å²) in [6, 6.07) is 0. The molecule has 0 bridgehead atoms. The van der Waals surface area contributed by atoms with Crippen molar-refractivity contribution in [2.45, 2.75) is 39.7 Å². The third kappa shape index (κ3) is 6.78. The van der Waals surface area contributed by atoms with E-state index in [-0.39, 0.29) is 6.09 Å². The van der Waals surface area contributed by atoms with Crippen LogP contribution in [0.25, 0.3) is 0 Å². The van der Waals surface area contributed by atoms with Crippen LogP contribution in [0.3, 0.4) is 0 Å². The summed E-state index contributed by atoms with van der Waals surface area (Å²) in [5, 5.41) is 0. The number of piperazine rings is 1. The first-order chi connectivity index (χ1) is 13.2. The average Bonchev–Trinajstić information content (AvgIpc) is 2.60. The minimum atomic E-state index is -0.493. The summed E-state index contributed by atoms with van der Waals surface area (Å²) < 4.78 is 6.22. The lowest BCUT2D eigenvalue weighted by Crippen LogP contribution is -2.53. The molecule has 1 saturated heterocycles. The number of carbonyl (C=O) groups is 1. The van der Waals surface area contributed by atoms with E-state index in [1.165, 1.54) is 0 Å². The molecular weight excluding hydrogens is 420 g/mol. The Hall–Kier alpha value is -2.15. The number of halogens is 1. The van der Waals surface area contributed by atoms with Crippen molar-refractivity contribution in [1.29, 1.82) is 0 Å². The molecule has 0 unspecified atom stereocenters. The van der Waals surface area contributed by atoms with Gasteiger partial charge in [0.2, 0.25) is 0 Å². The van der Waals surface area contributed by atoms with Gasteiger partial charge in [0.1, 0.15) is 10.2 Å². The zero-order valence-electron chi connectivity index (χ0n) is 17.1. The minimum Gasteiger partial charge on any atom is -0.444 e. The summed E-state index contributed by atoms with van der Waals surface area (Å²) >= 11 is 3.49. The predicted octanol–water partition coefficient (Wildman–Crippen LogP) is 4.66. The molecule has 0 saturated carbocycles. The van der Waals surface area contributed by atoms with Crippen molar-refractivity contribution >= 4 is 33.6 Å². The van der Waals surface area contributed by atoms with Crippen molar-refractivity contribution in [1.82, 2.24) is 9.80 Å². The van der Waals surface area contributed by atoms with Gasteiger partial charge in [0.05, 0.1) is 11.4 Å². The van der Waals surface area contributed by atoms with Crippen LogP contribution in [0.4, 0.5) is 4.79 Å². The quantitative estimate of drug-likeness (QED) is 0.455. The Kier molecular flexibility index (Phi) is 7.80. The van der Waals surface area contributed by atoms with Gasteiger partial charge in [-0.1, -0.05) is 24.8 Å². The van der Waals surface area contributed by atoms with Crippen molar-refractivity contribution in [2.24, 2.45) is 9.98 Å². The Morgan fingerprint density at radius 3 is 2.61 bits per heavy atom. The highest BCUT2D eigenvalue weighted by atomic mass is 79.9. The normalized spacial score (nSPS) is 20.0. The van der Waals surface area contributed by atoms with Gasteiger partial charge in [-0.15, -0.1) is 0 Å². The zero-order valence-corrected chi connectivity index (χ0v) is 18.7. The number of rotatable bonds is 2. The van der Waals surface area contributed by atoms with Crippen LogP contribution in [0, 0.1) is 0 Å². The number of hydrogen-bond donors (Lipinski definition) is 0. The zero-order chi connectivity index (χ0) is 20.7. The average molecular weight is 449 g/mol. The molecule has 2 aliphatic heterocycles. The molecule has 0 aromatic rings. The fourth-order valence-corrected chi connectivity index (χ4v) is 3.12. The number of amides is 1. The fourth-order valence-electron chi connectivity index (χ4n) is 2.80. The van der Waals surface area contributed by atoms with E-state index in [1.807, 2.05) is 52.0 Å². The van der Waals surface area contributed by atoms with E-state index in [1.54, 1.807) is 4.90 Å². The van der Waals surface area contributed by atoms with Gasteiger partial charge in [0.15, 0.2) is 5.84 Å². The first-order valence-electron chi connectivity index (χ1n) is 9.43. The van der Waals surface area contributed by atoms with Crippen molar-refractivity contribution in [3.8, 4) is 0 Å². The molecule has 0 N–H and O–H groups in total. The third-order valence-corrected chi connectivity index (χ3v) is 4.46. The van der Waals surface area contributed by atoms with E-state index < -0.39 is 5.60 Å². The summed E-state index contributed by atoms with van der Waals surface area (Å²) in [5.41, 5.74) is 1.05. The first kappa shape index (κ1) is 22.1.